The molecular weight excluding hydrogens is 187 g/mol. The zero-order chi connectivity index (χ0) is 11.4. The van der Waals surface area contributed by atoms with Crippen molar-refractivity contribution in [3.8, 4) is 11.8 Å². The summed E-state index contributed by atoms with van der Waals surface area (Å²) in [5.74, 6) is 6.17. The highest BCUT2D eigenvalue weighted by atomic mass is 19.1. The van der Waals surface area contributed by atoms with E-state index in [-0.39, 0.29) is 17.7 Å². The monoisotopic (exact) mass is 204 g/mol. The first-order valence-electron chi connectivity index (χ1n) is 5.32. The van der Waals surface area contributed by atoms with E-state index in [0.717, 1.165) is 5.56 Å². The number of halogens is 1. The summed E-state index contributed by atoms with van der Waals surface area (Å²) in [5, 5.41) is 0. The van der Waals surface area contributed by atoms with Crippen LogP contribution in [-0.2, 0) is 0 Å². The van der Waals surface area contributed by atoms with Gasteiger partial charge in [0.25, 0.3) is 0 Å². The molecule has 0 radical (unpaired) electrons. The second kappa shape index (κ2) is 4.98. The fourth-order valence-electron chi connectivity index (χ4n) is 1.31. The number of hydrogen-bond acceptors (Lipinski definition) is 0. The highest BCUT2D eigenvalue weighted by molar-refractivity contribution is 5.40. The van der Waals surface area contributed by atoms with Crippen molar-refractivity contribution in [1.82, 2.24) is 0 Å². The van der Waals surface area contributed by atoms with Gasteiger partial charge in [0.2, 0.25) is 0 Å². The van der Waals surface area contributed by atoms with Gasteiger partial charge in [-0.05, 0) is 17.5 Å². The zero-order valence-electron chi connectivity index (χ0n) is 9.76. The van der Waals surface area contributed by atoms with Crippen LogP contribution in [0.3, 0.4) is 0 Å². The zero-order valence-corrected chi connectivity index (χ0v) is 9.76. The molecule has 0 saturated carbocycles. The molecule has 0 aromatic heterocycles. The molecule has 1 heteroatoms. The molecule has 1 aromatic rings. The summed E-state index contributed by atoms with van der Waals surface area (Å²) in [5.41, 5.74) is 1.25. The molecular formula is C14H17F. The van der Waals surface area contributed by atoms with Crippen molar-refractivity contribution >= 4 is 0 Å². The average Bonchev–Trinajstić information content (AvgIpc) is 2.15. The van der Waals surface area contributed by atoms with E-state index in [4.69, 9.17) is 0 Å². The van der Waals surface area contributed by atoms with Gasteiger partial charge in [0.15, 0.2) is 0 Å². The van der Waals surface area contributed by atoms with Crippen molar-refractivity contribution in [3.05, 3.63) is 35.1 Å². The quantitative estimate of drug-likeness (QED) is 0.607. The van der Waals surface area contributed by atoms with E-state index in [1.165, 1.54) is 0 Å². The van der Waals surface area contributed by atoms with Gasteiger partial charge in [-0.2, -0.15) is 0 Å². The van der Waals surface area contributed by atoms with Crippen LogP contribution in [0.25, 0.3) is 0 Å². The predicted octanol–water partition coefficient (Wildman–Crippen LogP) is 3.96. The lowest BCUT2D eigenvalue weighted by Crippen LogP contribution is -1.95. The first-order chi connectivity index (χ1) is 7.02. The third kappa shape index (κ3) is 3.09. The maximum Gasteiger partial charge on any atom is 0.142 e. The molecule has 80 valence electrons. The highest BCUT2D eigenvalue weighted by Gasteiger charge is 2.08. The Morgan fingerprint density at radius 2 is 1.80 bits per heavy atom. The van der Waals surface area contributed by atoms with Crippen molar-refractivity contribution in [2.24, 2.45) is 5.92 Å². The summed E-state index contributed by atoms with van der Waals surface area (Å²) in [7, 11) is 0. The van der Waals surface area contributed by atoms with Crippen LogP contribution in [0.4, 0.5) is 4.39 Å². The van der Waals surface area contributed by atoms with Gasteiger partial charge in [0.1, 0.15) is 5.82 Å². The van der Waals surface area contributed by atoms with Crippen molar-refractivity contribution < 1.29 is 4.39 Å². The Morgan fingerprint density at radius 1 is 1.13 bits per heavy atom. The molecule has 0 amide bonds. The van der Waals surface area contributed by atoms with Crippen molar-refractivity contribution in [3.63, 3.8) is 0 Å². The largest absolute Gasteiger partial charge is 0.205 e. The molecule has 0 unspecified atom stereocenters. The molecule has 0 aliphatic heterocycles. The Morgan fingerprint density at radius 3 is 2.33 bits per heavy atom. The Bertz CT molecular complexity index is 392. The van der Waals surface area contributed by atoms with Crippen LogP contribution in [0, 0.1) is 23.6 Å². The first kappa shape index (κ1) is 11.8. The van der Waals surface area contributed by atoms with E-state index in [0.29, 0.717) is 5.56 Å². The minimum absolute atomic E-state index is 0.166. The van der Waals surface area contributed by atoms with Crippen LogP contribution in [0.15, 0.2) is 18.2 Å². The summed E-state index contributed by atoms with van der Waals surface area (Å²) >= 11 is 0. The summed E-state index contributed by atoms with van der Waals surface area (Å²) < 4.78 is 13.9. The molecule has 0 heterocycles. The van der Waals surface area contributed by atoms with Crippen molar-refractivity contribution in [2.75, 3.05) is 0 Å². The Hall–Kier alpha value is -1.29. The van der Waals surface area contributed by atoms with Crippen molar-refractivity contribution in [1.29, 1.82) is 0 Å². The van der Waals surface area contributed by atoms with E-state index in [1.54, 1.807) is 6.07 Å². The van der Waals surface area contributed by atoms with Crippen LogP contribution in [0.5, 0.6) is 0 Å². The lowest BCUT2D eigenvalue weighted by Gasteiger charge is -2.07. The maximum atomic E-state index is 13.9. The Labute approximate surface area is 91.5 Å². The molecule has 0 atom stereocenters. The second-order valence-electron chi connectivity index (χ2n) is 4.29. The van der Waals surface area contributed by atoms with E-state index in [2.05, 4.69) is 11.8 Å². The SMILES string of the molecule is CC(C)C#Cc1cccc(C(C)C)c1F. The lowest BCUT2D eigenvalue weighted by atomic mass is 10.00. The molecule has 1 rings (SSSR count). The topological polar surface area (TPSA) is 0 Å². The minimum Gasteiger partial charge on any atom is -0.205 e. The van der Waals surface area contributed by atoms with Crippen LogP contribution in [0.2, 0.25) is 0 Å². The third-order valence-corrected chi connectivity index (χ3v) is 2.15. The first-order valence-corrected chi connectivity index (χ1v) is 5.32. The third-order valence-electron chi connectivity index (χ3n) is 2.15. The second-order valence-corrected chi connectivity index (χ2v) is 4.29. The minimum atomic E-state index is -0.166. The highest BCUT2D eigenvalue weighted by Crippen LogP contribution is 2.20. The van der Waals surface area contributed by atoms with Gasteiger partial charge in [-0.1, -0.05) is 51.7 Å². The summed E-state index contributed by atoms with van der Waals surface area (Å²) in [4.78, 5) is 0. The van der Waals surface area contributed by atoms with Gasteiger partial charge in [0.05, 0.1) is 5.56 Å². The van der Waals surface area contributed by atoms with Gasteiger partial charge < -0.3 is 0 Å². The van der Waals surface area contributed by atoms with Crippen LogP contribution in [0.1, 0.15) is 44.7 Å². The smallest absolute Gasteiger partial charge is 0.142 e. The van der Waals surface area contributed by atoms with E-state index < -0.39 is 0 Å². The van der Waals surface area contributed by atoms with E-state index in [1.807, 2.05) is 39.8 Å². The predicted molar refractivity (Wildman–Crippen MR) is 62.2 cm³/mol. The Balaban J connectivity index is 3.12. The molecule has 0 fully saturated rings. The van der Waals surface area contributed by atoms with E-state index in [9.17, 15) is 4.39 Å². The Kier molecular flexibility index (Phi) is 3.91. The van der Waals surface area contributed by atoms with Gasteiger partial charge in [-0.15, -0.1) is 0 Å². The van der Waals surface area contributed by atoms with Gasteiger partial charge >= 0.3 is 0 Å². The molecule has 15 heavy (non-hydrogen) atoms. The molecule has 0 saturated heterocycles. The van der Waals surface area contributed by atoms with Crippen LogP contribution in [-0.4, -0.2) is 0 Å². The standard InChI is InChI=1S/C14H17F/c1-10(2)8-9-12-6-5-7-13(11(3)4)14(12)15/h5-7,10-11H,1-4H3. The molecule has 0 spiro atoms. The summed E-state index contributed by atoms with van der Waals surface area (Å²) in [6, 6.07) is 5.42. The van der Waals surface area contributed by atoms with Crippen LogP contribution >= 0.6 is 0 Å². The number of hydrogen-bond donors (Lipinski definition) is 0. The fraction of sp³-hybridized carbons (Fsp3) is 0.429. The lowest BCUT2D eigenvalue weighted by molar-refractivity contribution is 0.595. The normalized spacial score (nSPS) is 10.3. The molecule has 1 aromatic carbocycles. The van der Waals surface area contributed by atoms with Crippen molar-refractivity contribution in [2.45, 2.75) is 33.6 Å². The summed E-state index contributed by atoms with van der Waals surface area (Å²) in [6.45, 7) is 7.96. The van der Waals surface area contributed by atoms with Crippen LogP contribution < -0.4 is 0 Å². The fourth-order valence-corrected chi connectivity index (χ4v) is 1.31. The molecule has 0 aliphatic rings. The van der Waals surface area contributed by atoms with Gasteiger partial charge in [-0.25, -0.2) is 4.39 Å². The van der Waals surface area contributed by atoms with E-state index >= 15 is 0 Å². The molecule has 0 N–H and O–H groups in total. The number of rotatable bonds is 1. The molecule has 0 bridgehead atoms. The molecule has 0 nitrogen and oxygen atoms in total. The molecule has 0 aliphatic carbocycles. The van der Waals surface area contributed by atoms with Gasteiger partial charge in [-0.3, -0.25) is 0 Å². The summed E-state index contributed by atoms with van der Waals surface area (Å²) in [6.07, 6.45) is 0. The van der Waals surface area contributed by atoms with Gasteiger partial charge in [0, 0.05) is 5.92 Å². The average molecular weight is 204 g/mol. The number of benzene rings is 1. The maximum absolute atomic E-state index is 13.9.